The molecule has 1 atom stereocenters. The lowest BCUT2D eigenvalue weighted by Crippen LogP contribution is -2.62. The first kappa shape index (κ1) is 14.5. The highest BCUT2D eigenvalue weighted by Gasteiger charge is 2.55. The lowest BCUT2D eigenvalue weighted by Gasteiger charge is -2.45. The van der Waals surface area contributed by atoms with Crippen molar-refractivity contribution >= 4 is 27.8 Å². The summed E-state index contributed by atoms with van der Waals surface area (Å²) in [4.78, 5) is 28.4. The number of rotatable bonds is 2. The van der Waals surface area contributed by atoms with Crippen LogP contribution < -0.4 is 0 Å². The van der Waals surface area contributed by atoms with Crippen molar-refractivity contribution in [1.29, 1.82) is 0 Å². The molecule has 22 heavy (non-hydrogen) atoms. The van der Waals surface area contributed by atoms with E-state index < -0.39 is 27.1 Å². The number of hydrogen-bond acceptors (Lipinski definition) is 5. The van der Waals surface area contributed by atoms with Gasteiger partial charge in [0.1, 0.15) is 5.70 Å². The molecule has 2 aliphatic rings. The smallest absolute Gasteiger partial charge is 0.352 e. The van der Waals surface area contributed by atoms with Gasteiger partial charge in [-0.05, 0) is 30.7 Å². The molecule has 1 aromatic heterocycles. The zero-order chi connectivity index (χ0) is 16.1. The summed E-state index contributed by atoms with van der Waals surface area (Å²) in [7, 11) is -3.65. The zero-order valence-corrected chi connectivity index (χ0v) is 12.4. The molecule has 8 heteroatoms. The van der Waals surface area contributed by atoms with Gasteiger partial charge in [-0.3, -0.25) is 14.7 Å². The maximum Gasteiger partial charge on any atom is 0.352 e. The molecule has 3 heterocycles. The van der Waals surface area contributed by atoms with Gasteiger partial charge in [0.05, 0.1) is 17.0 Å². The molecule has 1 fully saturated rings. The summed E-state index contributed by atoms with van der Waals surface area (Å²) in [5.74, 6) is -2.29. The summed E-state index contributed by atoms with van der Waals surface area (Å²) in [6, 6.07) is 5.04. The molecule has 114 valence electrons. The fourth-order valence-electron chi connectivity index (χ4n) is 2.69. The van der Waals surface area contributed by atoms with Crippen LogP contribution in [0.5, 0.6) is 0 Å². The molecular formula is C14H12N2O5S. The van der Waals surface area contributed by atoms with E-state index in [9.17, 15) is 23.1 Å². The molecule has 3 rings (SSSR count). The Kier molecular flexibility index (Phi) is 3.13. The van der Waals surface area contributed by atoms with E-state index in [0.29, 0.717) is 5.69 Å². The number of fused-ring (bicyclic) bond motifs is 1. The Morgan fingerprint density at radius 1 is 1.45 bits per heavy atom. The number of carboxylic acid groups (broad SMARTS) is 1. The Morgan fingerprint density at radius 2 is 2.18 bits per heavy atom. The highest BCUT2D eigenvalue weighted by molar-refractivity contribution is 7.92. The van der Waals surface area contributed by atoms with Crippen LogP contribution in [-0.2, 0) is 19.4 Å². The van der Waals surface area contributed by atoms with Gasteiger partial charge in [-0.2, -0.15) is 0 Å². The second-order valence-corrected chi connectivity index (χ2v) is 7.18. The highest BCUT2D eigenvalue weighted by Crippen LogP contribution is 2.40. The first-order valence-electron chi connectivity index (χ1n) is 6.44. The Balaban J connectivity index is 2.10. The predicted molar refractivity (Wildman–Crippen MR) is 77.0 cm³/mol. The number of carbonyl (C=O) groups excluding carboxylic acids is 1. The predicted octanol–water partition coefficient (Wildman–Crippen LogP) is 0.420. The Hall–Kier alpha value is -2.48. The second-order valence-electron chi connectivity index (χ2n) is 5.12. The van der Waals surface area contributed by atoms with Crippen molar-refractivity contribution in [2.24, 2.45) is 0 Å². The SMILES string of the molecule is CC1=C(C(=O)O)N2C(=O)/C(=C/c3ccccn3)[C@H]2S(=O)(=O)C1. The molecule has 1 aromatic rings. The molecule has 1 saturated heterocycles. The summed E-state index contributed by atoms with van der Waals surface area (Å²) in [5, 5.41) is 7.98. The van der Waals surface area contributed by atoms with Gasteiger partial charge >= 0.3 is 5.97 Å². The van der Waals surface area contributed by atoms with Crippen LogP contribution in [0.3, 0.4) is 0 Å². The van der Waals surface area contributed by atoms with E-state index in [1.165, 1.54) is 19.2 Å². The van der Waals surface area contributed by atoms with Crippen LogP contribution in [0.25, 0.3) is 6.08 Å². The number of hydrogen-bond donors (Lipinski definition) is 1. The summed E-state index contributed by atoms with van der Waals surface area (Å²) < 4.78 is 24.6. The number of β-lactam (4-membered cyclic amide) rings is 1. The molecule has 2 aliphatic heterocycles. The number of aliphatic carboxylic acids is 1. The minimum Gasteiger partial charge on any atom is -0.477 e. The van der Waals surface area contributed by atoms with Gasteiger partial charge in [-0.25, -0.2) is 13.2 Å². The first-order valence-corrected chi connectivity index (χ1v) is 8.15. The molecule has 0 radical (unpaired) electrons. The van der Waals surface area contributed by atoms with Crippen molar-refractivity contribution in [2.45, 2.75) is 12.3 Å². The molecule has 0 aliphatic carbocycles. The lowest BCUT2D eigenvalue weighted by molar-refractivity contribution is -0.141. The molecule has 1 N–H and O–H groups in total. The Morgan fingerprint density at radius 3 is 2.77 bits per heavy atom. The average Bonchev–Trinajstić information content (AvgIpc) is 2.44. The van der Waals surface area contributed by atoms with Crippen LogP contribution in [0.4, 0.5) is 0 Å². The minimum absolute atomic E-state index is 0.0463. The number of amides is 1. The van der Waals surface area contributed by atoms with Gasteiger partial charge in [-0.1, -0.05) is 6.07 Å². The molecule has 0 bridgehead atoms. The van der Waals surface area contributed by atoms with E-state index >= 15 is 0 Å². The van der Waals surface area contributed by atoms with Crippen LogP contribution in [0.2, 0.25) is 0 Å². The van der Waals surface area contributed by atoms with Crippen LogP contribution in [-0.4, -0.2) is 46.4 Å². The van der Waals surface area contributed by atoms with Crippen molar-refractivity contribution in [2.75, 3.05) is 5.75 Å². The van der Waals surface area contributed by atoms with Gasteiger partial charge in [0.15, 0.2) is 15.2 Å². The van der Waals surface area contributed by atoms with Gasteiger partial charge < -0.3 is 5.11 Å². The second kappa shape index (κ2) is 4.77. The maximum absolute atomic E-state index is 12.3. The summed E-state index contributed by atoms with van der Waals surface area (Å²) in [6.07, 6.45) is 2.91. The Labute approximate surface area is 126 Å². The van der Waals surface area contributed by atoms with E-state index in [0.717, 1.165) is 4.90 Å². The molecule has 1 amide bonds. The maximum atomic E-state index is 12.3. The first-order chi connectivity index (χ1) is 10.3. The normalized spacial score (nSPS) is 25.0. The van der Waals surface area contributed by atoms with Crippen molar-refractivity contribution in [3.63, 3.8) is 0 Å². The molecule has 7 nitrogen and oxygen atoms in total. The number of nitrogens with zero attached hydrogens (tertiary/aromatic N) is 2. The van der Waals surface area contributed by atoms with Crippen LogP contribution in [0, 0.1) is 0 Å². The minimum atomic E-state index is -3.65. The third kappa shape index (κ3) is 2.03. The summed E-state index contributed by atoms with van der Waals surface area (Å²) in [6.45, 7) is 1.41. The molecule has 0 aromatic carbocycles. The van der Waals surface area contributed by atoms with E-state index in [4.69, 9.17) is 0 Å². The topological polar surface area (TPSA) is 105 Å². The van der Waals surface area contributed by atoms with Crippen molar-refractivity contribution in [3.8, 4) is 0 Å². The summed E-state index contributed by atoms with van der Waals surface area (Å²) in [5.41, 5.74) is 0.408. The largest absolute Gasteiger partial charge is 0.477 e. The Bertz CT molecular complexity index is 839. The number of carboxylic acids is 1. The van der Waals surface area contributed by atoms with Crippen molar-refractivity contribution in [1.82, 2.24) is 9.88 Å². The van der Waals surface area contributed by atoms with Gasteiger partial charge in [0.25, 0.3) is 5.91 Å². The third-order valence-corrected chi connectivity index (χ3v) is 5.54. The van der Waals surface area contributed by atoms with Gasteiger partial charge in [0.2, 0.25) is 0 Å². The van der Waals surface area contributed by atoms with E-state index in [-0.39, 0.29) is 22.6 Å². The third-order valence-electron chi connectivity index (χ3n) is 3.56. The molecular weight excluding hydrogens is 308 g/mol. The van der Waals surface area contributed by atoms with Crippen LogP contribution in [0.15, 0.2) is 41.2 Å². The quantitative estimate of drug-likeness (QED) is 0.625. The fourth-order valence-corrected chi connectivity index (χ4v) is 4.67. The van der Waals surface area contributed by atoms with E-state index in [2.05, 4.69) is 4.98 Å². The van der Waals surface area contributed by atoms with E-state index in [1.807, 2.05) is 0 Å². The van der Waals surface area contributed by atoms with Crippen LogP contribution >= 0.6 is 0 Å². The average molecular weight is 320 g/mol. The standard InChI is InChI=1S/C14H12N2O5S/c1-8-7-22(20,21)13-10(6-9-4-2-3-5-15-9)12(17)16(13)11(8)14(18)19/h2-6,13H,7H2,1H3,(H,18,19)/b10-6-/t13-/m1/s1. The summed E-state index contributed by atoms with van der Waals surface area (Å²) >= 11 is 0. The lowest BCUT2D eigenvalue weighted by atomic mass is 10.0. The number of carbonyl (C=O) groups is 2. The molecule has 0 spiro atoms. The number of sulfone groups is 1. The van der Waals surface area contributed by atoms with Crippen molar-refractivity contribution in [3.05, 3.63) is 46.9 Å². The molecule has 0 saturated carbocycles. The van der Waals surface area contributed by atoms with Crippen LogP contribution in [0.1, 0.15) is 12.6 Å². The van der Waals surface area contributed by atoms with Gasteiger partial charge in [-0.15, -0.1) is 0 Å². The zero-order valence-electron chi connectivity index (χ0n) is 11.6. The van der Waals surface area contributed by atoms with Crippen molar-refractivity contribution < 1.29 is 23.1 Å². The highest BCUT2D eigenvalue weighted by atomic mass is 32.2. The number of aromatic nitrogens is 1. The molecule has 0 unspecified atom stereocenters. The number of pyridine rings is 1. The van der Waals surface area contributed by atoms with Gasteiger partial charge in [0, 0.05) is 6.20 Å². The fraction of sp³-hybridized carbons (Fsp3) is 0.214. The monoisotopic (exact) mass is 320 g/mol. The van der Waals surface area contributed by atoms with E-state index in [1.54, 1.807) is 18.2 Å².